The van der Waals surface area contributed by atoms with Crippen LogP contribution in [0.15, 0.2) is 36.4 Å². The molecule has 2 aromatic rings. The van der Waals surface area contributed by atoms with Gasteiger partial charge in [0.25, 0.3) is 0 Å². The monoisotopic (exact) mass is 401 g/mol. The highest BCUT2D eigenvalue weighted by Gasteiger charge is 2.42. The fourth-order valence-corrected chi connectivity index (χ4v) is 4.28. The Hall–Kier alpha value is -2.44. The average molecular weight is 402 g/mol. The number of ether oxygens (including phenoxy) is 4. The van der Waals surface area contributed by atoms with Gasteiger partial charge >= 0.3 is 0 Å². The summed E-state index contributed by atoms with van der Waals surface area (Å²) >= 11 is 0. The fraction of sp³-hybridized carbons (Fsp3) is 0.478. The largest absolute Gasteiger partial charge is 0.497 e. The van der Waals surface area contributed by atoms with Crippen LogP contribution < -0.4 is 24.3 Å². The summed E-state index contributed by atoms with van der Waals surface area (Å²) < 4.78 is 22.1. The summed E-state index contributed by atoms with van der Waals surface area (Å²) in [6, 6.07) is 11.2. The van der Waals surface area contributed by atoms with Crippen LogP contribution in [0.2, 0.25) is 0 Å². The van der Waals surface area contributed by atoms with E-state index in [0.717, 1.165) is 34.1 Å². The van der Waals surface area contributed by atoms with Crippen molar-refractivity contribution in [2.45, 2.75) is 32.0 Å². The molecule has 2 aromatic carbocycles. The smallest absolute Gasteiger partial charge is 0.123 e. The van der Waals surface area contributed by atoms with Crippen molar-refractivity contribution in [3.05, 3.63) is 47.5 Å². The molecule has 5 atom stereocenters. The van der Waals surface area contributed by atoms with Crippen molar-refractivity contribution in [2.24, 2.45) is 11.8 Å². The maximum atomic E-state index is 11.1. The Kier molecular flexibility index (Phi) is 6.55. The third kappa shape index (κ3) is 4.00. The summed E-state index contributed by atoms with van der Waals surface area (Å²) in [6.45, 7) is 4.10. The van der Waals surface area contributed by atoms with E-state index < -0.39 is 6.10 Å². The van der Waals surface area contributed by atoms with Gasteiger partial charge in [0.15, 0.2) is 0 Å². The number of aliphatic hydroxyl groups is 1. The first-order valence-electron chi connectivity index (χ1n) is 9.83. The standard InChI is InChI=1S/C23H31NO5/c1-13-21(17-11-15(26-3)7-9-19(17)28-5)24-22(14(2)23(13)25)18-12-16(27-4)8-10-20(18)29-6/h7-14,21-25H,1-6H3/t13-,14-,21-,22+,23?/m0/s1. The molecule has 158 valence electrons. The molecule has 1 heterocycles. The second-order valence-corrected chi connectivity index (χ2v) is 7.55. The van der Waals surface area contributed by atoms with Gasteiger partial charge in [0.2, 0.25) is 0 Å². The Balaban J connectivity index is 2.07. The van der Waals surface area contributed by atoms with E-state index >= 15 is 0 Å². The van der Waals surface area contributed by atoms with E-state index in [1.165, 1.54) is 0 Å². The lowest BCUT2D eigenvalue weighted by Gasteiger charge is -2.44. The summed E-state index contributed by atoms with van der Waals surface area (Å²) in [5, 5.41) is 14.8. The topological polar surface area (TPSA) is 69.2 Å². The van der Waals surface area contributed by atoms with Crippen LogP contribution in [0.1, 0.15) is 37.1 Å². The zero-order chi connectivity index (χ0) is 21.1. The Morgan fingerprint density at radius 3 is 1.45 bits per heavy atom. The maximum Gasteiger partial charge on any atom is 0.123 e. The van der Waals surface area contributed by atoms with Crippen LogP contribution in [0.4, 0.5) is 0 Å². The van der Waals surface area contributed by atoms with Gasteiger partial charge in [-0.3, -0.25) is 0 Å². The number of rotatable bonds is 6. The lowest BCUT2D eigenvalue weighted by molar-refractivity contribution is -0.00770. The van der Waals surface area contributed by atoms with Crippen molar-refractivity contribution >= 4 is 0 Å². The number of hydrogen-bond donors (Lipinski definition) is 2. The van der Waals surface area contributed by atoms with Gasteiger partial charge in [0, 0.05) is 35.0 Å². The third-order valence-electron chi connectivity index (χ3n) is 6.03. The molecule has 0 saturated carbocycles. The van der Waals surface area contributed by atoms with Crippen LogP contribution in [-0.4, -0.2) is 39.6 Å². The van der Waals surface area contributed by atoms with Crippen LogP contribution >= 0.6 is 0 Å². The van der Waals surface area contributed by atoms with Gasteiger partial charge in [-0.15, -0.1) is 0 Å². The van der Waals surface area contributed by atoms with Crippen LogP contribution in [-0.2, 0) is 0 Å². The number of aliphatic hydroxyl groups excluding tert-OH is 1. The molecule has 0 radical (unpaired) electrons. The van der Waals surface area contributed by atoms with E-state index in [1.54, 1.807) is 28.4 Å². The molecule has 0 spiro atoms. The molecule has 1 fully saturated rings. The molecule has 29 heavy (non-hydrogen) atoms. The van der Waals surface area contributed by atoms with Crippen molar-refractivity contribution in [2.75, 3.05) is 28.4 Å². The van der Waals surface area contributed by atoms with Crippen molar-refractivity contribution < 1.29 is 24.1 Å². The predicted octanol–water partition coefficient (Wildman–Crippen LogP) is 3.74. The first kappa shape index (κ1) is 21.3. The molecule has 0 amide bonds. The molecule has 6 nitrogen and oxygen atoms in total. The van der Waals surface area contributed by atoms with E-state index in [-0.39, 0.29) is 23.9 Å². The normalized spacial score (nSPS) is 26.7. The minimum absolute atomic E-state index is 0.0288. The van der Waals surface area contributed by atoms with Gasteiger partial charge in [-0.05, 0) is 36.4 Å². The predicted molar refractivity (Wildman–Crippen MR) is 112 cm³/mol. The molecule has 1 aliphatic heterocycles. The lowest BCUT2D eigenvalue weighted by atomic mass is 9.74. The number of benzene rings is 2. The first-order valence-corrected chi connectivity index (χ1v) is 9.83. The van der Waals surface area contributed by atoms with Crippen LogP contribution in [0, 0.1) is 11.8 Å². The van der Waals surface area contributed by atoms with Gasteiger partial charge in [-0.1, -0.05) is 13.8 Å². The Labute approximate surface area is 172 Å². The average Bonchev–Trinajstić information content (AvgIpc) is 2.76. The molecule has 0 aliphatic carbocycles. The number of piperidine rings is 1. The fourth-order valence-electron chi connectivity index (χ4n) is 4.28. The van der Waals surface area contributed by atoms with Gasteiger partial charge in [-0.2, -0.15) is 0 Å². The van der Waals surface area contributed by atoms with E-state index in [9.17, 15) is 5.11 Å². The van der Waals surface area contributed by atoms with E-state index in [1.807, 2.05) is 36.4 Å². The van der Waals surface area contributed by atoms with Crippen molar-refractivity contribution in [1.82, 2.24) is 5.32 Å². The van der Waals surface area contributed by atoms with Crippen LogP contribution in [0.25, 0.3) is 0 Å². The molecule has 1 unspecified atom stereocenters. The molecule has 0 bridgehead atoms. The Bertz CT molecular complexity index is 773. The molecular formula is C23H31NO5. The van der Waals surface area contributed by atoms with Gasteiger partial charge < -0.3 is 29.4 Å². The Morgan fingerprint density at radius 2 is 1.10 bits per heavy atom. The second-order valence-electron chi connectivity index (χ2n) is 7.55. The zero-order valence-electron chi connectivity index (χ0n) is 17.9. The summed E-state index contributed by atoms with van der Waals surface area (Å²) in [7, 11) is 6.59. The van der Waals surface area contributed by atoms with Crippen molar-refractivity contribution in [3.63, 3.8) is 0 Å². The molecule has 1 saturated heterocycles. The number of nitrogens with one attached hydrogen (secondary N) is 1. The molecule has 3 rings (SSSR count). The van der Waals surface area contributed by atoms with E-state index in [4.69, 9.17) is 18.9 Å². The third-order valence-corrected chi connectivity index (χ3v) is 6.03. The van der Waals surface area contributed by atoms with Crippen LogP contribution in [0.3, 0.4) is 0 Å². The van der Waals surface area contributed by atoms with Crippen molar-refractivity contribution in [1.29, 1.82) is 0 Å². The quantitative estimate of drug-likeness (QED) is 0.769. The molecular weight excluding hydrogens is 370 g/mol. The number of methoxy groups -OCH3 is 4. The highest BCUT2D eigenvalue weighted by atomic mass is 16.5. The summed E-state index contributed by atoms with van der Waals surface area (Å²) in [4.78, 5) is 0. The minimum atomic E-state index is -0.516. The maximum absolute atomic E-state index is 11.1. The molecule has 2 N–H and O–H groups in total. The Morgan fingerprint density at radius 1 is 0.690 bits per heavy atom. The lowest BCUT2D eigenvalue weighted by Crippen LogP contribution is -2.49. The summed E-state index contributed by atoms with van der Waals surface area (Å²) in [6.07, 6.45) is -0.516. The first-order chi connectivity index (χ1) is 13.9. The van der Waals surface area contributed by atoms with Gasteiger partial charge in [0.05, 0.1) is 34.5 Å². The highest BCUT2D eigenvalue weighted by Crippen LogP contribution is 2.45. The SMILES string of the molecule is COc1ccc(OC)c([C@H]2N[C@@H](c3cc(OC)ccc3OC)[C@H](C)C(O)[C@H]2C)c1. The molecule has 1 aliphatic rings. The van der Waals surface area contributed by atoms with Gasteiger partial charge in [0.1, 0.15) is 23.0 Å². The van der Waals surface area contributed by atoms with Crippen molar-refractivity contribution in [3.8, 4) is 23.0 Å². The summed E-state index contributed by atoms with van der Waals surface area (Å²) in [5.41, 5.74) is 1.91. The van der Waals surface area contributed by atoms with Crippen LogP contribution in [0.5, 0.6) is 23.0 Å². The zero-order valence-corrected chi connectivity index (χ0v) is 17.9. The van der Waals surface area contributed by atoms with Gasteiger partial charge in [-0.25, -0.2) is 0 Å². The number of hydrogen-bond acceptors (Lipinski definition) is 6. The molecule has 0 aromatic heterocycles. The second kappa shape index (κ2) is 8.93. The van der Waals surface area contributed by atoms with E-state index in [2.05, 4.69) is 19.2 Å². The molecule has 6 heteroatoms. The summed E-state index contributed by atoms with van der Waals surface area (Å²) in [5.74, 6) is 2.95. The minimum Gasteiger partial charge on any atom is -0.497 e. The highest BCUT2D eigenvalue weighted by molar-refractivity contribution is 5.46. The van der Waals surface area contributed by atoms with E-state index in [0.29, 0.717) is 0 Å².